The summed E-state index contributed by atoms with van der Waals surface area (Å²) in [5, 5.41) is 11.6. The van der Waals surface area contributed by atoms with Crippen molar-refractivity contribution in [3.63, 3.8) is 0 Å². The summed E-state index contributed by atoms with van der Waals surface area (Å²) >= 11 is 3.13. The molecule has 0 aliphatic heterocycles. The van der Waals surface area contributed by atoms with Gasteiger partial charge in [0.25, 0.3) is 0 Å². The average Bonchev–Trinajstić information content (AvgIpc) is 3.10. The fourth-order valence-corrected chi connectivity index (χ4v) is 3.29. The fraction of sp³-hybridized carbons (Fsp3) is 0.529. The Balaban J connectivity index is 2.08. The number of benzene rings is 1. The van der Waals surface area contributed by atoms with E-state index in [2.05, 4.69) is 15.9 Å². The van der Waals surface area contributed by atoms with Crippen LogP contribution in [0.15, 0.2) is 30.3 Å². The van der Waals surface area contributed by atoms with E-state index in [1.807, 2.05) is 6.07 Å². The summed E-state index contributed by atoms with van der Waals surface area (Å²) in [4.78, 5) is 23.8. The normalized spacial score (nSPS) is 17.5. The van der Waals surface area contributed by atoms with Crippen LogP contribution in [0.3, 0.4) is 0 Å². The molecule has 0 saturated heterocycles. The molecule has 1 aromatic rings. The Kier molecular flexibility index (Phi) is 6.59. The van der Waals surface area contributed by atoms with Crippen LogP contribution in [0.25, 0.3) is 0 Å². The molecule has 1 N–H and O–H groups in total. The van der Waals surface area contributed by atoms with Gasteiger partial charge in [0.2, 0.25) is 6.79 Å². The molecule has 0 spiro atoms. The molecule has 1 aliphatic rings. The Morgan fingerprint density at radius 1 is 1.17 bits per heavy atom. The molecule has 1 saturated carbocycles. The highest BCUT2D eigenvalue weighted by Gasteiger charge is 2.47. The smallest absolute Gasteiger partial charge is 0.346 e. The van der Waals surface area contributed by atoms with Crippen LogP contribution < -0.4 is 0 Å². The molecule has 6 heteroatoms. The molecule has 23 heavy (non-hydrogen) atoms. The third-order valence-corrected chi connectivity index (χ3v) is 4.58. The molecule has 0 amide bonds. The van der Waals surface area contributed by atoms with Gasteiger partial charge in [-0.1, -0.05) is 59.1 Å². The first-order valence-electron chi connectivity index (χ1n) is 7.75. The van der Waals surface area contributed by atoms with E-state index >= 15 is 0 Å². The zero-order valence-corrected chi connectivity index (χ0v) is 14.5. The number of carbonyl (C=O) groups is 2. The van der Waals surface area contributed by atoms with Crippen LogP contribution in [0.5, 0.6) is 0 Å². The molecule has 2 rings (SSSR count). The van der Waals surface area contributed by atoms with Gasteiger partial charge in [-0.15, -0.1) is 0 Å². The van der Waals surface area contributed by atoms with Gasteiger partial charge >= 0.3 is 11.9 Å². The van der Waals surface area contributed by atoms with Crippen LogP contribution in [-0.2, 0) is 24.7 Å². The summed E-state index contributed by atoms with van der Waals surface area (Å²) < 4.78 is 9.87. The zero-order valence-electron chi connectivity index (χ0n) is 12.9. The first-order chi connectivity index (χ1) is 11.1. The van der Waals surface area contributed by atoms with Crippen LogP contribution in [0.2, 0.25) is 0 Å². The maximum absolute atomic E-state index is 12.5. The number of aliphatic hydroxyl groups is 1. The van der Waals surface area contributed by atoms with Crippen LogP contribution >= 0.6 is 15.9 Å². The Morgan fingerprint density at radius 2 is 1.83 bits per heavy atom. The molecule has 1 aliphatic carbocycles. The summed E-state index contributed by atoms with van der Waals surface area (Å²) in [6.07, 6.45) is 3.69. The van der Waals surface area contributed by atoms with Gasteiger partial charge in [-0.25, -0.2) is 4.79 Å². The number of ether oxygens (including phenoxy) is 2. The van der Waals surface area contributed by atoms with Crippen molar-refractivity contribution in [2.45, 2.75) is 37.7 Å². The number of esters is 2. The van der Waals surface area contributed by atoms with E-state index in [1.54, 1.807) is 24.3 Å². The van der Waals surface area contributed by atoms with Crippen molar-refractivity contribution in [3.8, 4) is 0 Å². The molecule has 0 aromatic heterocycles. The summed E-state index contributed by atoms with van der Waals surface area (Å²) in [6, 6.07) is 8.82. The minimum Gasteiger partial charge on any atom is -0.428 e. The summed E-state index contributed by atoms with van der Waals surface area (Å²) in [5.74, 6) is -1.41. The quantitative estimate of drug-likeness (QED) is 0.444. The van der Waals surface area contributed by atoms with Gasteiger partial charge in [0.15, 0.2) is 5.60 Å². The predicted molar refractivity (Wildman–Crippen MR) is 87.8 cm³/mol. The van der Waals surface area contributed by atoms with Gasteiger partial charge in [-0.2, -0.15) is 0 Å². The topological polar surface area (TPSA) is 72.8 Å². The highest BCUT2D eigenvalue weighted by atomic mass is 79.9. The van der Waals surface area contributed by atoms with Gasteiger partial charge in [-0.3, -0.25) is 4.79 Å². The molecule has 1 fully saturated rings. The van der Waals surface area contributed by atoms with Crippen LogP contribution in [-0.4, -0.2) is 29.2 Å². The van der Waals surface area contributed by atoms with Crippen molar-refractivity contribution in [2.24, 2.45) is 5.92 Å². The molecule has 1 aromatic carbocycles. The van der Waals surface area contributed by atoms with Gasteiger partial charge in [0.05, 0.1) is 6.42 Å². The maximum Gasteiger partial charge on any atom is 0.346 e. The second-order valence-corrected chi connectivity index (χ2v) is 6.41. The lowest BCUT2D eigenvalue weighted by molar-refractivity contribution is -0.188. The van der Waals surface area contributed by atoms with E-state index in [0.29, 0.717) is 10.9 Å². The second kappa shape index (κ2) is 8.45. The van der Waals surface area contributed by atoms with E-state index in [0.717, 1.165) is 25.7 Å². The Bertz CT molecular complexity index is 527. The van der Waals surface area contributed by atoms with Crippen molar-refractivity contribution in [3.05, 3.63) is 35.9 Å². The monoisotopic (exact) mass is 384 g/mol. The van der Waals surface area contributed by atoms with Crippen LogP contribution in [0, 0.1) is 5.92 Å². The molecule has 0 bridgehead atoms. The van der Waals surface area contributed by atoms with E-state index in [9.17, 15) is 14.7 Å². The first-order valence-corrected chi connectivity index (χ1v) is 8.88. The van der Waals surface area contributed by atoms with Crippen molar-refractivity contribution >= 4 is 27.9 Å². The molecule has 1 unspecified atom stereocenters. The Labute approximate surface area is 144 Å². The van der Waals surface area contributed by atoms with Gasteiger partial charge in [-0.05, 0) is 18.4 Å². The molecule has 0 heterocycles. The third-order valence-electron chi connectivity index (χ3n) is 4.18. The van der Waals surface area contributed by atoms with Gasteiger partial charge < -0.3 is 14.6 Å². The lowest BCUT2D eigenvalue weighted by Crippen LogP contribution is -2.43. The fourth-order valence-electron chi connectivity index (χ4n) is 2.96. The lowest BCUT2D eigenvalue weighted by Gasteiger charge is -2.32. The number of rotatable bonds is 7. The first kappa shape index (κ1) is 17.9. The SMILES string of the molecule is O=C(CCBr)OCOC(=O)C(O)(c1ccccc1)C1CCCC1. The number of carbonyl (C=O) groups excluding carboxylic acids is 2. The van der Waals surface area contributed by atoms with Gasteiger partial charge in [0, 0.05) is 11.2 Å². The number of halogens is 1. The third kappa shape index (κ3) is 4.32. The minimum atomic E-state index is -1.69. The molecular weight excluding hydrogens is 364 g/mol. The Morgan fingerprint density at radius 3 is 2.43 bits per heavy atom. The molecular formula is C17H21BrO5. The molecule has 5 nitrogen and oxygen atoms in total. The molecule has 126 valence electrons. The highest BCUT2D eigenvalue weighted by molar-refractivity contribution is 9.09. The van der Waals surface area contributed by atoms with Crippen molar-refractivity contribution in [2.75, 3.05) is 12.1 Å². The summed E-state index contributed by atoms with van der Waals surface area (Å²) in [5.41, 5.74) is -1.18. The summed E-state index contributed by atoms with van der Waals surface area (Å²) in [6.45, 7) is -0.480. The van der Waals surface area contributed by atoms with Crippen molar-refractivity contribution in [1.29, 1.82) is 0 Å². The minimum absolute atomic E-state index is 0.185. The number of alkyl halides is 1. The largest absolute Gasteiger partial charge is 0.428 e. The van der Waals surface area contributed by atoms with Crippen molar-refractivity contribution < 1.29 is 24.2 Å². The van der Waals surface area contributed by atoms with Crippen LogP contribution in [0.4, 0.5) is 0 Å². The maximum atomic E-state index is 12.5. The van der Waals surface area contributed by atoms with E-state index in [4.69, 9.17) is 9.47 Å². The predicted octanol–water partition coefficient (Wildman–Crippen LogP) is 2.89. The van der Waals surface area contributed by atoms with Gasteiger partial charge in [0.1, 0.15) is 0 Å². The van der Waals surface area contributed by atoms with E-state index in [-0.39, 0.29) is 12.3 Å². The average molecular weight is 385 g/mol. The number of hydrogen-bond acceptors (Lipinski definition) is 5. The Hall–Kier alpha value is -1.40. The van der Waals surface area contributed by atoms with Crippen molar-refractivity contribution in [1.82, 2.24) is 0 Å². The second-order valence-electron chi connectivity index (χ2n) is 5.62. The zero-order chi connectivity index (χ0) is 16.7. The molecule has 0 radical (unpaired) electrons. The standard InChI is InChI=1S/C17H21BrO5/c18-11-10-15(19)22-12-23-16(20)17(21,14-8-4-5-9-14)13-6-2-1-3-7-13/h1-3,6-7,14,21H,4-5,8-12H2. The van der Waals surface area contributed by atoms with E-state index < -0.39 is 24.3 Å². The van der Waals surface area contributed by atoms with E-state index in [1.165, 1.54) is 0 Å². The molecule has 1 atom stereocenters. The number of hydrogen-bond donors (Lipinski definition) is 1. The summed E-state index contributed by atoms with van der Waals surface area (Å²) in [7, 11) is 0. The highest BCUT2D eigenvalue weighted by Crippen LogP contribution is 2.41. The van der Waals surface area contributed by atoms with Crippen LogP contribution in [0.1, 0.15) is 37.7 Å². The lowest BCUT2D eigenvalue weighted by atomic mass is 9.80.